The van der Waals surface area contributed by atoms with Gasteiger partial charge in [-0.1, -0.05) is 0 Å². The summed E-state index contributed by atoms with van der Waals surface area (Å²) < 4.78 is 7.42. The lowest BCUT2D eigenvalue weighted by atomic mass is 9.91. The maximum Gasteiger partial charge on any atom is 0.257 e. The van der Waals surface area contributed by atoms with Crippen LogP contribution in [-0.2, 0) is 11.3 Å². The second-order valence-electron chi connectivity index (χ2n) is 8.66. The van der Waals surface area contributed by atoms with E-state index in [0.717, 1.165) is 24.0 Å². The van der Waals surface area contributed by atoms with Crippen LogP contribution in [0.15, 0.2) is 36.9 Å². The van der Waals surface area contributed by atoms with Gasteiger partial charge in [-0.25, -0.2) is 9.97 Å². The van der Waals surface area contributed by atoms with Crippen molar-refractivity contribution in [1.29, 1.82) is 0 Å². The number of aliphatic hydroxyl groups is 1. The molecule has 32 heavy (non-hydrogen) atoms. The summed E-state index contributed by atoms with van der Waals surface area (Å²) >= 11 is 0. The van der Waals surface area contributed by atoms with Crippen molar-refractivity contribution in [3.63, 3.8) is 0 Å². The van der Waals surface area contributed by atoms with Crippen LogP contribution in [0.5, 0.6) is 0 Å². The average Bonchev–Trinajstić information content (AvgIpc) is 3.22. The zero-order valence-corrected chi connectivity index (χ0v) is 18.3. The quantitative estimate of drug-likeness (QED) is 0.664. The zero-order valence-electron chi connectivity index (χ0n) is 18.3. The third-order valence-electron chi connectivity index (χ3n) is 6.51. The van der Waals surface area contributed by atoms with Crippen LogP contribution in [0.4, 0.5) is 5.95 Å². The molecule has 2 fully saturated rings. The number of morpholine rings is 1. The first kappa shape index (κ1) is 20.8. The third-order valence-corrected chi connectivity index (χ3v) is 6.51. The van der Waals surface area contributed by atoms with Gasteiger partial charge in [0.1, 0.15) is 0 Å². The van der Waals surface area contributed by atoms with Crippen molar-refractivity contribution in [1.82, 2.24) is 24.4 Å². The molecule has 1 amide bonds. The number of nitrogens with zero attached hydrogens (tertiary/aromatic N) is 6. The number of aryl methyl sites for hydroxylation is 1. The average molecular weight is 437 g/mol. The number of fused-ring (bicyclic) bond motifs is 1. The molecule has 3 aromatic heterocycles. The summed E-state index contributed by atoms with van der Waals surface area (Å²) in [5.41, 5.74) is 1.35. The van der Waals surface area contributed by atoms with Gasteiger partial charge >= 0.3 is 0 Å². The Labute approximate surface area is 186 Å². The minimum atomic E-state index is -0.857. The second kappa shape index (κ2) is 8.48. The van der Waals surface area contributed by atoms with E-state index < -0.39 is 5.60 Å². The van der Waals surface area contributed by atoms with Crippen LogP contribution in [0.3, 0.4) is 0 Å². The zero-order chi connectivity index (χ0) is 22.1. The molecule has 0 spiro atoms. The number of likely N-dealkylation sites (tertiary alicyclic amines) is 1. The van der Waals surface area contributed by atoms with Crippen molar-refractivity contribution in [2.24, 2.45) is 0 Å². The van der Waals surface area contributed by atoms with E-state index in [0.29, 0.717) is 62.9 Å². The minimum Gasteiger partial charge on any atom is -0.388 e. The Bertz CT molecular complexity index is 1120. The van der Waals surface area contributed by atoms with Crippen LogP contribution < -0.4 is 4.90 Å². The Morgan fingerprint density at radius 3 is 2.69 bits per heavy atom. The van der Waals surface area contributed by atoms with Crippen molar-refractivity contribution in [3.05, 3.63) is 48.2 Å². The normalized spacial score (nSPS) is 18.8. The molecule has 2 saturated heterocycles. The second-order valence-corrected chi connectivity index (χ2v) is 8.66. The van der Waals surface area contributed by atoms with Gasteiger partial charge in [-0.3, -0.25) is 9.78 Å². The van der Waals surface area contributed by atoms with Gasteiger partial charge in [0.2, 0.25) is 5.95 Å². The van der Waals surface area contributed by atoms with Crippen molar-refractivity contribution in [2.45, 2.75) is 31.9 Å². The molecule has 1 N–H and O–H groups in total. The number of rotatable bonds is 4. The molecule has 168 valence electrons. The summed E-state index contributed by atoms with van der Waals surface area (Å²) in [6.45, 7) is 6.17. The van der Waals surface area contributed by atoms with Crippen LogP contribution in [0.25, 0.3) is 10.9 Å². The highest BCUT2D eigenvalue weighted by molar-refractivity contribution is 5.95. The number of hydrogen-bond acceptors (Lipinski definition) is 7. The number of carbonyl (C=O) groups is 1. The van der Waals surface area contributed by atoms with Crippen LogP contribution in [-0.4, -0.2) is 80.4 Å². The molecule has 3 aromatic rings. The Balaban J connectivity index is 1.24. The molecule has 0 atom stereocenters. The fourth-order valence-electron chi connectivity index (χ4n) is 4.52. The lowest BCUT2D eigenvalue weighted by molar-refractivity contribution is -0.0284. The van der Waals surface area contributed by atoms with Gasteiger partial charge in [0, 0.05) is 50.2 Å². The van der Waals surface area contributed by atoms with E-state index >= 15 is 0 Å². The number of amides is 1. The summed E-state index contributed by atoms with van der Waals surface area (Å²) in [5.74, 6) is 0.567. The van der Waals surface area contributed by atoms with Crippen molar-refractivity contribution >= 4 is 22.8 Å². The topological polar surface area (TPSA) is 96.6 Å². The number of hydrogen-bond donors (Lipinski definition) is 1. The van der Waals surface area contributed by atoms with Gasteiger partial charge < -0.3 is 24.2 Å². The molecule has 0 radical (unpaired) electrons. The van der Waals surface area contributed by atoms with E-state index in [4.69, 9.17) is 4.74 Å². The van der Waals surface area contributed by atoms with Crippen molar-refractivity contribution in [2.75, 3.05) is 44.3 Å². The summed E-state index contributed by atoms with van der Waals surface area (Å²) in [4.78, 5) is 30.2. The monoisotopic (exact) mass is 436 g/mol. The molecule has 0 aromatic carbocycles. The third kappa shape index (κ3) is 4.05. The summed E-state index contributed by atoms with van der Waals surface area (Å²) in [6.07, 6.45) is 8.24. The van der Waals surface area contributed by atoms with Crippen LogP contribution in [0.1, 0.15) is 28.9 Å². The van der Waals surface area contributed by atoms with E-state index in [-0.39, 0.29) is 5.91 Å². The first-order valence-electron chi connectivity index (χ1n) is 11.1. The molecular formula is C23H28N6O3. The lowest BCUT2D eigenvalue weighted by Gasteiger charge is -2.38. The largest absolute Gasteiger partial charge is 0.388 e. The molecule has 9 heteroatoms. The molecule has 0 bridgehead atoms. The smallest absolute Gasteiger partial charge is 0.257 e. The predicted molar refractivity (Wildman–Crippen MR) is 120 cm³/mol. The van der Waals surface area contributed by atoms with E-state index in [1.807, 2.05) is 36.0 Å². The molecule has 0 unspecified atom stereocenters. The van der Waals surface area contributed by atoms with Crippen LogP contribution >= 0.6 is 0 Å². The van der Waals surface area contributed by atoms with E-state index in [1.54, 1.807) is 17.3 Å². The van der Waals surface area contributed by atoms with Gasteiger partial charge in [-0.2, -0.15) is 0 Å². The summed E-state index contributed by atoms with van der Waals surface area (Å²) in [5, 5.41) is 12.3. The Morgan fingerprint density at radius 1 is 1.16 bits per heavy atom. The molecule has 2 aliphatic heterocycles. The van der Waals surface area contributed by atoms with E-state index in [9.17, 15) is 9.90 Å². The molecule has 9 nitrogen and oxygen atoms in total. The molecular weight excluding hydrogens is 408 g/mol. The highest BCUT2D eigenvalue weighted by atomic mass is 16.5. The SMILES string of the molecule is Cc1nc(N2CCOCC2)ncc1C(=O)N1CCC(O)(Cn2ccc3ccncc32)CC1. The number of pyridine rings is 1. The van der Waals surface area contributed by atoms with Gasteiger partial charge in [-0.05, 0) is 31.9 Å². The number of ether oxygens (including phenoxy) is 1. The van der Waals surface area contributed by atoms with E-state index in [1.165, 1.54) is 0 Å². The Morgan fingerprint density at radius 2 is 1.94 bits per heavy atom. The first-order chi connectivity index (χ1) is 15.5. The van der Waals surface area contributed by atoms with Crippen molar-refractivity contribution in [3.8, 4) is 0 Å². The molecule has 2 aliphatic rings. The summed E-state index contributed by atoms with van der Waals surface area (Å²) in [7, 11) is 0. The number of piperidine rings is 1. The van der Waals surface area contributed by atoms with Crippen molar-refractivity contribution < 1.29 is 14.6 Å². The molecule has 0 aliphatic carbocycles. The summed E-state index contributed by atoms with van der Waals surface area (Å²) in [6, 6.07) is 3.99. The maximum atomic E-state index is 13.1. The standard InChI is InChI=1S/C23H28N6O3/c1-17-19(14-25-22(26-17)28-10-12-32-13-11-28)21(30)27-8-4-23(31,5-9-27)16-29-7-3-18-2-6-24-15-20(18)29/h2-3,6-7,14-15,31H,4-5,8-13,16H2,1H3. The predicted octanol–water partition coefficient (Wildman–Crippen LogP) is 1.64. The molecule has 0 saturated carbocycles. The Kier molecular flexibility index (Phi) is 5.52. The minimum absolute atomic E-state index is 0.0753. The molecule has 5 heterocycles. The van der Waals surface area contributed by atoms with Crippen LogP contribution in [0.2, 0.25) is 0 Å². The fourth-order valence-corrected chi connectivity index (χ4v) is 4.52. The lowest BCUT2D eigenvalue weighted by Crippen LogP contribution is -2.48. The highest BCUT2D eigenvalue weighted by Crippen LogP contribution is 2.27. The van der Waals surface area contributed by atoms with Gasteiger partial charge in [0.15, 0.2) is 0 Å². The number of aromatic nitrogens is 4. The van der Waals surface area contributed by atoms with Gasteiger partial charge in [0.25, 0.3) is 5.91 Å². The number of carbonyl (C=O) groups excluding carboxylic acids is 1. The van der Waals surface area contributed by atoms with Gasteiger partial charge in [0.05, 0.1) is 48.3 Å². The van der Waals surface area contributed by atoms with Crippen LogP contribution in [0, 0.1) is 6.92 Å². The fraction of sp³-hybridized carbons (Fsp3) is 0.478. The first-order valence-corrected chi connectivity index (χ1v) is 11.1. The Hall–Kier alpha value is -3.04. The van der Waals surface area contributed by atoms with Gasteiger partial charge in [-0.15, -0.1) is 0 Å². The highest BCUT2D eigenvalue weighted by Gasteiger charge is 2.35. The number of anilines is 1. The molecule has 5 rings (SSSR count). The maximum absolute atomic E-state index is 13.1. The van der Waals surface area contributed by atoms with E-state index in [2.05, 4.69) is 19.9 Å².